The van der Waals surface area contributed by atoms with Crippen LogP contribution < -0.4 is 10.5 Å². The van der Waals surface area contributed by atoms with Gasteiger partial charge in [0.15, 0.2) is 0 Å². The second-order valence-electron chi connectivity index (χ2n) is 3.55. The zero-order valence-electron chi connectivity index (χ0n) is 9.74. The number of hydrogen-bond donors (Lipinski definition) is 2. The molecule has 0 bridgehead atoms. The second-order valence-corrected chi connectivity index (χ2v) is 6.14. The van der Waals surface area contributed by atoms with Crippen LogP contribution in [0.2, 0.25) is 0 Å². The van der Waals surface area contributed by atoms with Crippen molar-refractivity contribution < 1.29 is 17.5 Å². The van der Waals surface area contributed by atoms with Crippen LogP contribution in [0.4, 0.5) is 10.1 Å². The van der Waals surface area contributed by atoms with Gasteiger partial charge < -0.3 is 10.5 Å². The molecular formula is C10H14BrFN2O3S. The van der Waals surface area contributed by atoms with Crippen LogP contribution in [0.1, 0.15) is 6.42 Å². The van der Waals surface area contributed by atoms with Crippen LogP contribution in [0.15, 0.2) is 21.5 Å². The molecule has 0 aliphatic heterocycles. The lowest BCUT2D eigenvalue weighted by Crippen LogP contribution is -2.26. The van der Waals surface area contributed by atoms with E-state index in [0.717, 1.165) is 12.1 Å². The first kappa shape index (κ1) is 15.4. The molecule has 8 heteroatoms. The molecule has 1 aromatic rings. The number of nitrogens with one attached hydrogen (secondary N) is 1. The molecule has 0 radical (unpaired) electrons. The SMILES string of the molecule is COCCCNS(=O)(=O)c1cc(N)c(F)cc1Br. The smallest absolute Gasteiger partial charge is 0.241 e. The van der Waals surface area contributed by atoms with E-state index in [0.29, 0.717) is 13.0 Å². The van der Waals surface area contributed by atoms with Crippen molar-refractivity contribution in [3.8, 4) is 0 Å². The van der Waals surface area contributed by atoms with Gasteiger partial charge in [0, 0.05) is 24.7 Å². The largest absolute Gasteiger partial charge is 0.396 e. The highest BCUT2D eigenvalue weighted by atomic mass is 79.9. The van der Waals surface area contributed by atoms with Gasteiger partial charge >= 0.3 is 0 Å². The lowest BCUT2D eigenvalue weighted by Gasteiger charge is -2.09. The molecule has 3 N–H and O–H groups in total. The van der Waals surface area contributed by atoms with E-state index in [2.05, 4.69) is 20.7 Å². The normalized spacial score (nSPS) is 11.7. The van der Waals surface area contributed by atoms with Gasteiger partial charge in [0.05, 0.1) is 10.6 Å². The zero-order chi connectivity index (χ0) is 13.8. The van der Waals surface area contributed by atoms with Gasteiger partial charge in [-0.25, -0.2) is 17.5 Å². The maximum Gasteiger partial charge on any atom is 0.241 e. The summed E-state index contributed by atoms with van der Waals surface area (Å²) in [5.74, 6) is -0.666. The summed E-state index contributed by atoms with van der Waals surface area (Å²) in [6.07, 6.45) is 0.546. The summed E-state index contributed by atoms with van der Waals surface area (Å²) in [4.78, 5) is -0.0844. The van der Waals surface area contributed by atoms with E-state index in [4.69, 9.17) is 10.5 Å². The molecule has 0 heterocycles. The van der Waals surface area contributed by atoms with E-state index >= 15 is 0 Å². The Morgan fingerprint density at radius 3 is 2.78 bits per heavy atom. The molecule has 0 aliphatic rings. The lowest BCUT2D eigenvalue weighted by atomic mass is 10.3. The van der Waals surface area contributed by atoms with Crippen LogP contribution in [0.5, 0.6) is 0 Å². The van der Waals surface area contributed by atoms with Crippen molar-refractivity contribution in [3.05, 3.63) is 22.4 Å². The van der Waals surface area contributed by atoms with E-state index < -0.39 is 15.8 Å². The van der Waals surface area contributed by atoms with Crippen molar-refractivity contribution >= 4 is 31.6 Å². The second kappa shape index (κ2) is 6.46. The summed E-state index contributed by atoms with van der Waals surface area (Å²) in [6, 6.07) is 2.11. The molecule has 0 fully saturated rings. The van der Waals surface area contributed by atoms with Crippen LogP contribution in [0.3, 0.4) is 0 Å². The number of halogens is 2. The minimum Gasteiger partial charge on any atom is -0.396 e. The highest BCUT2D eigenvalue weighted by molar-refractivity contribution is 9.10. The maximum atomic E-state index is 13.1. The van der Waals surface area contributed by atoms with Crippen molar-refractivity contribution in [2.45, 2.75) is 11.3 Å². The summed E-state index contributed by atoms with van der Waals surface area (Å²) in [7, 11) is -2.18. The molecule has 0 aliphatic carbocycles. The summed E-state index contributed by atoms with van der Waals surface area (Å²) in [5.41, 5.74) is 5.14. The number of hydrogen-bond acceptors (Lipinski definition) is 4. The molecule has 5 nitrogen and oxygen atoms in total. The van der Waals surface area contributed by atoms with E-state index in [1.54, 1.807) is 0 Å². The molecule has 0 saturated carbocycles. The van der Waals surface area contributed by atoms with E-state index in [9.17, 15) is 12.8 Å². The Bertz CT molecular complexity index is 522. The minimum absolute atomic E-state index is 0.0844. The van der Waals surface area contributed by atoms with Gasteiger partial charge in [-0.05, 0) is 34.5 Å². The third kappa shape index (κ3) is 3.91. The van der Waals surface area contributed by atoms with E-state index in [1.165, 1.54) is 7.11 Å². The molecule has 1 rings (SSSR count). The Balaban J connectivity index is 2.88. The first-order valence-corrected chi connectivity index (χ1v) is 7.39. The molecule has 102 valence electrons. The minimum atomic E-state index is -3.71. The quantitative estimate of drug-likeness (QED) is 0.607. The topological polar surface area (TPSA) is 81.4 Å². The van der Waals surface area contributed by atoms with E-state index in [1.807, 2.05) is 0 Å². The molecule has 18 heavy (non-hydrogen) atoms. The van der Waals surface area contributed by atoms with Crippen LogP contribution in [-0.2, 0) is 14.8 Å². The van der Waals surface area contributed by atoms with E-state index in [-0.39, 0.29) is 21.6 Å². The molecule has 0 aromatic heterocycles. The maximum absolute atomic E-state index is 13.1. The first-order valence-electron chi connectivity index (χ1n) is 5.11. The highest BCUT2D eigenvalue weighted by Gasteiger charge is 2.19. The first-order chi connectivity index (χ1) is 8.38. The molecule has 0 unspecified atom stereocenters. The Morgan fingerprint density at radius 2 is 2.17 bits per heavy atom. The summed E-state index contributed by atoms with van der Waals surface area (Å²) in [6.45, 7) is 0.690. The van der Waals surface area contributed by atoms with Crippen LogP contribution in [0, 0.1) is 5.82 Å². The molecule has 0 saturated heterocycles. The number of nitrogens with two attached hydrogens (primary N) is 1. The standard InChI is InChI=1S/C10H14BrFN2O3S/c1-17-4-2-3-14-18(15,16)10-6-9(13)8(12)5-7(10)11/h5-6,14H,2-4,13H2,1H3. The Hall–Kier alpha value is -0.700. The highest BCUT2D eigenvalue weighted by Crippen LogP contribution is 2.26. The van der Waals surface area contributed by atoms with Gasteiger partial charge in [0.1, 0.15) is 5.82 Å². The number of sulfonamides is 1. The van der Waals surface area contributed by atoms with Crippen molar-refractivity contribution in [3.63, 3.8) is 0 Å². The number of nitrogen functional groups attached to an aromatic ring is 1. The monoisotopic (exact) mass is 340 g/mol. The van der Waals surface area contributed by atoms with Crippen LogP contribution >= 0.6 is 15.9 Å². The average Bonchev–Trinajstić information content (AvgIpc) is 2.29. The predicted octanol–water partition coefficient (Wildman–Crippen LogP) is 1.49. The van der Waals surface area contributed by atoms with Gasteiger partial charge in [-0.1, -0.05) is 0 Å². The number of ether oxygens (including phenoxy) is 1. The lowest BCUT2D eigenvalue weighted by molar-refractivity contribution is 0.196. The number of benzene rings is 1. The molecule has 0 amide bonds. The third-order valence-corrected chi connectivity index (χ3v) is 4.58. The fraction of sp³-hybridized carbons (Fsp3) is 0.400. The van der Waals surface area contributed by atoms with Crippen molar-refractivity contribution in [1.29, 1.82) is 0 Å². The Morgan fingerprint density at radius 1 is 1.50 bits per heavy atom. The Kier molecular flexibility index (Phi) is 5.51. The van der Waals surface area contributed by atoms with Crippen molar-refractivity contribution in [2.24, 2.45) is 0 Å². The number of rotatable bonds is 6. The van der Waals surface area contributed by atoms with Crippen molar-refractivity contribution in [1.82, 2.24) is 4.72 Å². The van der Waals surface area contributed by atoms with Gasteiger partial charge in [-0.3, -0.25) is 0 Å². The Labute approximate surface area is 114 Å². The average molecular weight is 341 g/mol. The zero-order valence-corrected chi connectivity index (χ0v) is 12.1. The predicted molar refractivity (Wildman–Crippen MR) is 70.2 cm³/mol. The molecule has 0 spiro atoms. The third-order valence-electron chi connectivity index (χ3n) is 2.16. The fourth-order valence-electron chi connectivity index (χ4n) is 1.25. The molecular weight excluding hydrogens is 327 g/mol. The van der Waals surface area contributed by atoms with Gasteiger partial charge in [-0.2, -0.15) is 0 Å². The van der Waals surface area contributed by atoms with Crippen LogP contribution in [0.25, 0.3) is 0 Å². The molecule has 0 atom stereocenters. The number of methoxy groups -OCH3 is 1. The summed E-state index contributed by atoms with van der Waals surface area (Å²) < 4.78 is 44.3. The fourth-order valence-corrected chi connectivity index (χ4v) is 3.37. The van der Waals surface area contributed by atoms with Gasteiger partial charge in [-0.15, -0.1) is 0 Å². The van der Waals surface area contributed by atoms with Crippen molar-refractivity contribution in [2.75, 3.05) is 26.0 Å². The molecule has 1 aromatic carbocycles. The van der Waals surface area contributed by atoms with Crippen LogP contribution in [-0.4, -0.2) is 28.7 Å². The summed E-state index contributed by atoms with van der Waals surface area (Å²) in [5, 5.41) is 0. The van der Waals surface area contributed by atoms with Gasteiger partial charge in [0.25, 0.3) is 0 Å². The number of anilines is 1. The summed E-state index contributed by atoms with van der Waals surface area (Å²) >= 11 is 3.00. The van der Waals surface area contributed by atoms with Gasteiger partial charge in [0.2, 0.25) is 10.0 Å².